The van der Waals surface area contributed by atoms with Crippen molar-refractivity contribution < 1.29 is 13.2 Å². The Morgan fingerprint density at radius 2 is 2.00 bits per heavy atom. The Kier molecular flexibility index (Phi) is 4.97. The molecule has 1 aromatic heterocycles. The van der Waals surface area contributed by atoms with Gasteiger partial charge in [0.05, 0.1) is 11.6 Å². The lowest BCUT2D eigenvalue weighted by Crippen LogP contribution is -2.30. The van der Waals surface area contributed by atoms with E-state index in [1.165, 1.54) is 6.07 Å². The zero-order valence-corrected chi connectivity index (χ0v) is 12.4. The summed E-state index contributed by atoms with van der Waals surface area (Å²) in [5.74, 6) is 5.48. The number of halogens is 4. The van der Waals surface area contributed by atoms with E-state index < -0.39 is 17.8 Å². The summed E-state index contributed by atoms with van der Waals surface area (Å²) < 4.78 is 38.8. The van der Waals surface area contributed by atoms with Crippen LogP contribution in [-0.4, -0.2) is 4.98 Å². The number of nitrogens with zero attached hydrogens (tertiary/aromatic N) is 1. The summed E-state index contributed by atoms with van der Waals surface area (Å²) >= 11 is 2.92. The number of hydrogen-bond acceptors (Lipinski definition) is 3. The highest BCUT2D eigenvalue weighted by molar-refractivity contribution is 9.10. The van der Waals surface area contributed by atoms with Crippen molar-refractivity contribution in [2.24, 2.45) is 5.84 Å². The van der Waals surface area contributed by atoms with Crippen LogP contribution < -0.4 is 11.3 Å². The molecule has 21 heavy (non-hydrogen) atoms. The molecule has 1 heterocycles. The first-order valence-electron chi connectivity index (χ1n) is 6.14. The lowest BCUT2D eigenvalue weighted by atomic mass is 10.00. The average Bonchev–Trinajstić information content (AvgIpc) is 2.45. The van der Waals surface area contributed by atoms with Gasteiger partial charge in [-0.3, -0.25) is 16.3 Å². The number of alkyl halides is 3. The van der Waals surface area contributed by atoms with Crippen molar-refractivity contribution in [1.82, 2.24) is 10.4 Å². The Labute approximate surface area is 128 Å². The van der Waals surface area contributed by atoms with Crippen LogP contribution in [0.4, 0.5) is 13.2 Å². The molecule has 0 aliphatic carbocycles. The second-order valence-corrected chi connectivity index (χ2v) is 5.34. The second-order valence-electron chi connectivity index (χ2n) is 4.48. The molecule has 7 heteroatoms. The molecule has 0 saturated heterocycles. The molecule has 0 fully saturated rings. The zero-order chi connectivity index (χ0) is 15.5. The number of benzene rings is 1. The zero-order valence-electron chi connectivity index (χ0n) is 10.9. The van der Waals surface area contributed by atoms with Gasteiger partial charge in [0.15, 0.2) is 0 Å². The normalized spacial score (nSPS) is 13.2. The molecule has 1 atom stereocenters. The van der Waals surface area contributed by atoms with Crippen LogP contribution in [0.25, 0.3) is 0 Å². The van der Waals surface area contributed by atoms with Crippen molar-refractivity contribution >= 4 is 15.9 Å². The van der Waals surface area contributed by atoms with Gasteiger partial charge in [-0.1, -0.05) is 28.1 Å². The van der Waals surface area contributed by atoms with E-state index in [-0.39, 0.29) is 4.47 Å². The minimum absolute atomic E-state index is 0.00681. The molecule has 0 saturated carbocycles. The minimum Gasteiger partial charge on any atom is -0.271 e. The summed E-state index contributed by atoms with van der Waals surface area (Å²) in [5, 5.41) is 0. The molecule has 1 aromatic carbocycles. The molecule has 2 rings (SSSR count). The van der Waals surface area contributed by atoms with Gasteiger partial charge < -0.3 is 0 Å². The molecule has 3 N–H and O–H groups in total. The predicted octanol–water partition coefficient (Wildman–Crippen LogP) is 3.61. The van der Waals surface area contributed by atoms with Gasteiger partial charge in [0, 0.05) is 22.8 Å². The van der Waals surface area contributed by atoms with E-state index in [1.54, 1.807) is 24.4 Å². The maximum atomic E-state index is 12.9. The van der Waals surface area contributed by atoms with Crippen LogP contribution in [0.5, 0.6) is 0 Å². The molecule has 0 spiro atoms. The maximum Gasteiger partial charge on any atom is 0.417 e. The predicted molar refractivity (Wildman–Crippen MR) is 77.1 cm³/mol. The first kappa shape index (κ1) is 15.9. The molecule has 0 amide bonds. The number of hydrogen-bond donors (Lipinski definition) is 2. The highest BCUT2D eigenvalue weighted by atomic mass is 79.9. The fraction of sp³-hybridized carbons (Fsp3) is 0.214. The van der Waals surface area contributed by atoms with Crippen LogP contribution in [-0.2, 0) is 12.6 Å². The van der Waals surface area contributed by atoms with Gasteiger partial charge in [-0.05, 0) is 29.8 Å². The van der Waals surface area contributed by atoms with Gasteiger partial charge in [0.2, 0.25) is 0 Å². The number of hydrazine groups is 1. The molecule has 0 aliphatic heterocycles. The van der Waals surface area contributed by atoms with Crippen molar-refractivity contribution in [2.45, 2.75) is 18.6 Å². The van der Waals surface area contributed by atoms with E-state index in [4.69, 9.17) is 5.84 Å². The molecular weight excluding hydrogens is 347 g/mol. The highest BCUT2D eigenvalue weighted by Gasteiger charge is 2.33. The fourth-order valence-electron chi connectivity index (χ4n) is 1.98. The van der Waals surface area contributed by atoms with Crippen LogP contribution in [0.1, 0.15) is 22.9 Å². The SMILES string of the molecule is NNC(Cc1ccccn1)c1ccc(Br)c(C(F)(F)F)c1. The van der Waals surface area contributed by atoms with Crippen molar-refractivity contribution in [1.29, 1.82) is 0 Å². The number of rotatable bonds is 4. The Balaban J connectivity index is 2.30. The topological polar surface area (TPSA) is 50.9 Å². The van der Waals surface area contributed by atoms with Crippen LogP contribution in [0, 0.1) is 0 Å². The smallest absolute Gasteiger partial charge is 0.271 e. The monoisotopic (exact) mass is 359 g/mol. The number of nitrogens with one attached hydrogen (secondary N) is 1. The van der Waals surface area contributed by atoms with E-state index in [2.05, 4.69) is 26.3 Å². The Bertz CT molecular complexity index is 602. The molecule has 0 aliphatic rings. The number of nitrogens with two attached hydrogens (primary N) is 1. The van der Waals surface area contributed by atoms with Crippen LogP contribution in [0.3, 0.4) is 0 Å². The third-order valence-corrected chi connectivity index (χ3v) is 3.73. The first-order valence-corrected chi connectivity index (χ1v) is 6.94. The van der Waals surface area contributed by atoms with Crippen LogP contribution in [0.2, 0.25) is 0 Å². The van der Waals surface area contributed by atoms with Crippen molar-refractivity contribution in [3.8, 4) is 0 Å². The molecule has 1 unspecified atom stereocenters. The van der Waals surface area contributed by atoms with Gasteiger partial charge in [0.1, 0.15) is 0 Å². The third kappa shape index (κ3) is 4.03. The lowest BCUT2D eigenvalue weighted by molar-refractivity contribution is -0.138. The van der Waals surface area contributed by atoms with Crippen LogP contribution in [0.15, 0.2) is 47.1 Å². The van der Waals surface area contributed by atoms with E-state index in [0.717, 1.165) is 11.8 Å². The minimum atomic E-state index is -4.42. The Hall–Kier alpha value is -1.44. The van der Waals surface area contributed by atoms with Crippen molar-refractivity contribution in [3.05, 3.63) is 63.9 Å². The van der Waals surface area contributed by atoms with E-state index in [9.17, 15) is 13.2 Å². The standard InChI is InChI=1S/C14H13BrF3N3/c15-12-5-4-9(7-11(12)14(16,17)18)13(21-19)8-10-3-1-2-6-20-10/h1-7,13,21H,8,19H2. The van der Waals surface area contributed by atoms with E-state index in [0.29, 0.717) is 12.0 Å². The fourth-order valence-corrected chi connectivity index (χ4v) is 2.45. The molecule has 0 radical (unpaired) electrons. The van der Waals surface area contributed by atoms with Crippen molar-refractivity contribution in [2.75, 3.05) is 0 Å². The summed E-state index contributed by atoms with van der Waals surface area (Å²) in [7, 11) is 0. The summed E-state index contributed by atoms with van der Waals surface area (Å²) in [6.45, 7) is 0. The average molecular weight is 360 g/mol. The largest absolute Gasteiger partial charge is 0.417 e. The first-order chi connectivity index (χ1) is 9.91. The van der Waals surface area contributed by atoms with Gasteiger partial charge >= 0.3 is 6.18 Å². The molecule has 3 nitrogen and oxygen atoms in total. The van der Waals surface area contributed by atoms with Gasteiger partial charge in [-0.2, -0.15) is 13.2 Å². The quantitative estimate of drug-likeness (QED) is 0.647. The Morgan fingerprint density at radius 3 is 2.57 bits per heavy atom. The molecular formula is C14H13BrF3N3. The van der Waals surface area contributed by atoms with Gasteiger partial charge in [0.25, 0.3) is 0 Å². The summed E-state index contributed by atoms with van der Waals surface area (Å²) in [6.07, 6.45) is -2.39. The number of aromatic nitrogens is 1. The maximum absolute atomic E-state index is 12.9. The molecule has 112 valence electrons. The lowest BCUT2D eigenvalue weighted by Gasteiger charge is -2.18. The van der Waals surface area contributed by atoms with E-state index in [1.807, 2.05) is 6.07 Å². The number of pyridine rings is 1. The molecule has 0 bridgehead atoms. The third-order valence-electron chi connectivity index (χ3n) is 3.04. The summed E-state index contributed by atoms with van der Waals surface area (Å²) in [5.41, 5.74) is 3.03. The van der Waals surface area contributed by atoms with Crippen LogP contribution >= 0.6 is 15.9 Å². The second kappa shape index (κ2) is 6.55. The van der Waals surface area contributed by atoms with Gasteiger partial charge in [-0.25, -0.2) is 0 Å². The van der Waals surface area contributed by atoms with E-state index >= 15 is 0 Å². The van der Waals surface area contributed by atoms with Crippen molar-refractivity contribution in [3.63, 3.8) is 0 Å². The molecule has 2 aromatic rings. The highest BCUT2D eigenvalue weighted by Crippen LogP contribution is 2.36. The summed E-state index contributed by atoms with van der Waals surface area (Å²) in [4.78, 5) is 4.15. The Morgan fingerprint density at radius 1 is 1.24 bits per heavy atom. The van der Waals surface area contributed by atoms with Gasteiger partial charge in [-0.15, -0.1) is 0 Å². The summed E-state index contributed by atoms with van der Waals surface area (Å²) in [6, 6.07) is 9.02.